The lowest BCUT2D eigenvalue weighted by Crippen LogP contribution is -2.16. The molecule has 3 atom stereocenters. The molecule has 0 aliphatic carbocycles. The van der Waals surface area contributed by atoms with Crippen molar-refractivity contribution in [2.45, 2.75) is 12.7 Å². The SMILES string of the molecule is CCP(=NP(=NC(COc1ccccc1)[P+](=N)Oc1ccccc1)(Oc1ccccc1)Oc1ccccc1)(Oc1ccccc1)Oc1cc(O)cc(O)c1. The van der Waals surface area contributed by atoms with Crippen molar-refractivity contribution in [2.75, 3.05) is 12.8 Å². The van der Waals surface area contributed by atoms with Crippen LogP contribution in [0.3, 0.4) is 0 Å². The standard InChI is InChI=1S/C40H38N3O8P3/c1-2-53(48-36-22-12-5-13-23-36,49-39-29-32(44)28-33(45)30-39)43-54(50-37-24-14-6-15-25-37,51-38-26-16-7-17-27-38)42-40(31-46-34-18-8-3-9-19-34)52(41)47-35-20-10-4-11-21-35/h3-30,40-41H,2,31H2,1H3,(H-,44,45)/p+1. The number of hydrogen-bond acceptors (Lipinski definition) is 10. The molecule has 0 bridgehead atoms. The molecular formula is C40H39N3O8P3+. The molecular weight excluding hydrogens is 743 g/mol. The van der Waals surface area contributed by atoms with Gasteiger partial charge in [0.25, 0.3) is 0 Å². The van der Waals surface area contributed by atoms with Crippen LogP contribution >= 0.6 is 23.1 Å². The summed E-state index contributed by atoms with van der Waals surface area (Å²) in [5, 5.41) is 30.2. The van der Waals surface area contributed by atoms with Crippen LogP contribution in [0.2, 0.25) is 0 Å². The van der Waals surface area contributed by atoms with Gasteiger partial charge in [-0.3, -0.25) is 4.52 Å². The second-order valence-electron chi connectivity index (χ2n) is 11.5. The van der Waals surface area contributed by atoms with Crippen LogP contribution in [0, 0.1) is 5.16 Å². The van der Waals surface area contributed by atoms with Crippen molar-refractivity contribution >= 4 is 23.1 Å². The Morgan fingerprint density at radius 2 is 0.963 bits per heavy atom. The molecule has 0 amide bonds. The van der Waals surface area contributed by atoms with Gasteiger partial charge in [0.1, 0.15) is 40.2 Å². The molecule has 6 aromatic rings. The molecule has 11 nitrogen and oxygen atoms in total. The van der Waals surface area contributed by atoms with E-state index in [2.05, 4.69) is 0 Å². The fourth-order valence-electron chi connectivity index (χ4n) is 4.87. The van der Waals surface area contributed by atoms with Crippen LogP contribution < -0.4 is 27.4 Å². The van der Waals surface area contributed by atoms with Crippen molar-refractivity contribution in [3.05, 3.63) is 170 Å². The van der Waals surface area contributed by atoms with Crippen molar-refractivity contribution in [3.63, 3.8) is 0 Å². The number of aromatic hydroxyl groups is 2. The summed E-state index contributed by atoms with van der Waals surface area (Å²) in [5.41, 5.74) is 0. The Morgan fingerprint density at radius 1 is 0.556 bits per heavy atom. The van der Waals surface area contributed by atoms with E-state index >= 15 is 0 Å². The number of benzene rings is 6. The predicted molar refractivity (Wildman–Crippen MR) is 213 cm³/mol. The molecule has 3 unspecified atom stereocenters. The van der Waals surface area contributed by atoms with E-state index in [1.54, 1.807) is 48.5 Å². The van der Waals surface area contributed by atoms with E-state index in [9.17, 15) is 15.4 Å². The topological polar surface area (TPSA) is 144 Å². The van der Waals surface area contributed by atoms with E-state index in [1.807, 2.05) is 110 Å². The zero-order valence-electron chi connectivity index (χ0n) is 29.2. The van der Waals surface area contributed by atoms with Gasteiger partial charge in [0, 0.05) is 18.2 Å². The first-order valence-electron chi connectivity index (χ1n) is 16.9. The maximum Gasteiger partial charge on any atom is 0.453 e. The summed E-state index contributed by atoms with van der Waals surface area (Å²) in [6, 6.07) is 49.2. The number of nitrogens with zero attached hydrogens (tertiary/aromatic N) is 2. The molecule has 0 heterocycles. The van der Waals surface area contributed by atoms with E-state index in [-0.39, 0.29) is 30.0 Å². The van der Waals surface area contributed by atoms with Gasteiger partial charge in [0.2, 0.25) is 0 Å². The first-order valence-corrected chi connectivity index (χ1v) is 21.6. The molecule has 3 N–H and O–H groups in total. The molecule has 0 saturated heterocycles. The van der Waals surface area contributed by atoms with Crippen LogP contribution in [0.4, 0.5) is 0 Å². The molecule has 0 aliphatic rings. The van der Waals surface area contributed by atoms with Gasteiger partial charge in [0.15, 0.2) is 12.4 Å². The third-order valence-corrected chi connectivity index (χ3v) is 14.0. The Labute approximate surface area is 315 Å². The molecule has 0 saturated carbocycles. The zero-order valence-corrected chi connectivity index (χ0v) is 31.9. The number of para-hydroxylation sites is 5. The van der Waals surface area contributed by atoms with E-state index in [4.69, 9.17) is 36.6 Å². The molecule has 6 aromatic carbocycles. The smallest absolute Gasteiger partial charge is 0.453 e. The van der Waals surface area contributed by atoms with Crippen LogP contribution in [-0.2, 0) is 0 Å². The Morgan fingerprint density at radius 3 is 1.43 bits per heavy atom. The summed E-state index contributed by atoms with van der Waals surface area (Å²) < 4.78 is 49.9. The number of phenols is 2. The fraction of sp³-hybridized carbons (Fsp3) is 0.100. The van der Waals surface area contributed by atoms with Gasteiger partial charge >= 0.3 is 28.9 Å². The van der Waals surface area contributed by atoms with Gasteiger partial charge in [-0.25, -0.2) is 0 Å². The van der Waals surface area contributed by atoms with Crippen molar-refractivity contribution in [3.8, 4) is 46.0 Å². The highest BCUT2D eigenvalue weighted by atomic mass is 31.2. The van der Waals surface area contributed by atoms with Gasteiger partial charge in [-0.1, -0.05) is 103 Å². The molecule has 0 aliphatic heterocycles. The highest BCUT2D eigenvalue weighted by molar-refractivity contribution is 7.68. The summed E-state index contributed by atoms with van der Waals surface area (Å²) in [7, 11) is -9.81. The molecule has 14 heteroatoms. The molecule has 0 spiro atoms. The molecule has 0 fully saturated rings. The number of hydrogen-bond donors (Lipinski definition) is 3. The quantitative estimate of drug-likeness (QED) is 0.0776. The number of phenolic OH excluding ortho intramolecular Hbond substituents is 2. The Kier molecular flexibility index (Phi) is 12.9. The summed E-state index contributed by atoms with van der Waals surface area (Å²) >= 11 is 0. The average Bonchev–Trinajstić information content (AvgIpc) is 3.18. The summed E-state index contributed by atoms with van der Waals surface area (Å²) in [6.45, 7) is 1.76. The summed E-state index contributed by atoms with van der Waals surface area (Å²) in [4.78, 5) is 0. The lowest BCUT2D eigenvalue weighted by molar-refractivity contribution is 0.313. The van der Waals surface area contributed by atoms with Crippen molar-refractivity contribution < 1.29 is 37.6 Å². The van der Waals surface area contributed by atoms with Gasteiger partial charge in [-0.2, -0.15) is 4.74 Å². The van der Waals surface area contributed by atoms with Crippen LogP contribution in [-0.4, -0.2) is 28.8 Å². The Bertz CT molecular complexity index is 2150. The molecule has 0 radical (unpaired) electrons. The minimum absolute atomic E-state index is 0.0853. The normalized spacial score (nSPS) is 12.9. The van der Waals surface area contributed by atoms with Crippen molar-refractivity contribution in [1.82, 2.24) is 0 Å². The first-order chi connectivity index (χ1) is 26.3. The molecule has 6 rings (SSSR count). The zero-order chi connectivity index (χ0) is 37.6. The second kappa shape index (κ2) is 18.4. The second-order valence-corrected chi connectivity index (χ2v) is 17.5. The Balaban J connectivity index is 1.61. The summed E-state index contributed by atoms with van der Waals surface area (Å²) in [6.07, 6.45) is 0.174. The number of rotatable bonds is 17. The highest BCUT2D eigenvalue weighted by Gasteiger charge is 2.41. The lowest BCUT2D eigenvalue weighted by Gasteiger charge is -2.29. The van der Waals surface area contributed by atoms with Crippen molar-refractivity contribution in [2.24, 2.45) is 9.26 Å². The highest BCUT2D eigenvalue weighted by Crippen LogP contribution is 2.66. The van der Waals surface area contributed by atoms with Crippen LogP contribution in [0.1, 0.15) is 6.92 Å². The predicted octanol–water partition coefficient (Wildman–Crippen LogP) is 12.4. The van der Waals surface area contributed by atoms with E-state index in [0.717, 1.165) is 0 Å². The third kappa shape index (κ3) is 10.9. The molecule has 54 heavy (non-hydrogen) atoms. The maximum atomic E-state index is 10.4. The van der Waals surface area contributed by atoms with Crippen molar-refractivity contribution in [1.29, 1.82) is 5.16 Å². The van der Waals surface area contributed by atoms with E-state index in [0.29, 0.717) is 28.7 Å². The maximum absolute atomic E-state index is 10.4. The molecule has 0 aromatic heterocycles. The van der Waals surface area contributed by atoms with E-state index < -0.39 is 28.9 Å². The van der Waals surface area contributed by atoms with Gasteiger partial charge in [-0.15, -0.1) is 4.52 Å². The minimum Gasteiger partial charge on any atom is -0.508 e. The number of nitrogens with one attached hydrogen (secondary N) is 1. The summed E-state index contributed by atoms with van der Waals surface area (Å²) in [5.74, 6) is 0.940. The van der Waals surface area contributed by atoms with Crippen LogP contribution in [0.15, 0.2) is 179 Å². The third-order valence-electron chi connectivity index (χ3n) is 7.34. The first kappa shape index (κ1) is 38.0. The lowest BCUT2D eigenvalue weighted by atomic mass is 10.3. The minimum atomic E-state index is -4.05. The van der Waals surface area contributed by atoms with Crippen LogP contribution in [0.5, 0.6) is 46.0 Å². The largest absolute Gasteiger partial charge is 0.508 e. The van der Waals surface area contributed by atoms with Gasteiger partial charge < -0.3 is 33.0 Å². The monoisotopic (exact) mass is 782 g/mol. The average molecular weight is 783 g/mol. The fourth-order valence-corrected chi connectivity index (χ4v) is 11.5. The molecule has 276 valence electrons. The Hall–Kier alpha value is -5.72. The van der Waals surface area contributed by atoms with Crippen LogP contribution in [0.25, 0.3) is 0 Å². The van der Waals surface area contributed by atoms with Gasteiger partial charge in [-0.05, 0) is 60.7 Å². The van der Waals surface area contributed by atoms with Gasteiger partial charge in [0.05, 0.1) is 6.16 Å². The van der Waals surface area contributed by atoms with E-state index in [1.165, 1.54) is 18.2 Å². The number of ether oxygens (including phenoxy) is 1.